The molecule has 20 heavy (non-hydrogen) atoms. The fraction of sp³-hybridized carbons (Fsp3) is 0.500. The fourth-order valence-corrected chi connectivity index (χ4v) is 1.99. The molecule has 0 unspecified atom stereocenters. The average molecular weight is 340 g/mol. The molecule has 0 aliphatic rings. The first-order chi connectivity index (χ1) is 8.64. The van der Waals surface area contributed by atoms with Crippen molar-refractivity contribution in [3.05, 3.63) is 33.8 Å². The van der Waals surface area contributed by atoms with Crippen molar-refractivity contribution in [3.8, 4) is 0 Å². The normalized spacial score (nSPS) is 12.6. The van der Waals surface area contributed by atoms with Crippen molar-refractivity contribution in [1.29, 1.82) is 0 Å². The second-order valence-corrected chi connectivity index (χ2v) is 6.54. The molecular weight excluding hydrogens is 319 g/mol. The predicted octanol–water partition coefficient (Wildman–Crippen LogP) is 3.75. The lowest BCUT2D eigenvalue weighted by molar-refractivity contribution is -0.134. The summed E-state index contributed by atoms with van der Waals surface area (Å²) >= 11 is 12.1. The van der Waals surface area contributed by atoms with Gasteiger partial charge in [0.15, 0.2) is 0 Å². The van der Waals surface area contributed by atoms with Gasteiger partial charge in [0.1, 0.15) is 0 Å². The van der Waals surface area contributed by atoms with E-state index in [0.717, 1.165) is 5.56 Å². The van der Waals surface area contributed by atoms with E-state index in [9.17, 15) is 4.79 Å². The zero-order valence-electron chi connectivity index (χ0n) is 12.1. The van der Waals surface area contributed by atoms with Gasteiger partial charge < -0.3 is 10.6 Å². The van der Waals surface area contributed by atoms with E-state index in [0.29, 0.717) is 16.6 Å². The van der Waals surface area contributed by atoms with Gasteiger partial charge in [-0.3, -0.25) is 4.79 Å². The van der Waals surface area contributed by atoms with Gasteiger partial charge in [-0.1, -0.05) is 56.1 Å². The lowest BCUT2D eigenvalue weighted by atomic mass is 9.86. The molecule has 0 saturated heterocycles. The highest BCUT2D eigenvalue weighted by Gasteiger charge is 2.29. The molecule has 1 rings (SSSR count). The third kappa shape index (κ3) is 4.81. The van der Waals surface area contributed by atoms with Gasteiger partial charge in [0.25, 0.3) is 0 Å². The van der Waals surface area contributed by atoms with Gasteiger partial charge in [0.05, 0.1) is 16.1 Å². The van der Waals surface area contributed by atoms with E-state index in [1.807, 2.05) is 32.9 Å². The monoisotopic (exact) mass is 338 g/mol. The number of carbonyl (C=O) groups excluding carboxylic acids is 1. The van der Waals surface area contributed by atoms with Crippen LogP contribution in [0.3, 0.4) is 0 Å². The number of benzene rings is 1. The molecule has 0 radical (unpaired) electrons. The molecule has 0 spiro atoms. The van der Waals surface area contributed by atoms with Gasteiger partial charge in [-0.05, 0) is 17.0 Å². The maximum atomic E-state index is 12.2. The second-order valence-electron chi connectivity index (χ2n) is 5.75. The van der Waals surface area contributed by atoms with Crippen LogP contribution in [0.1, 0.15) is 26.3 Å². The van der Waals surface area contributed by atoms with E-state index in [1.54, 1.807) is 18.0 Å². The lowest BCUT2D eigenvalue weighted by Gasteiger charge is -2.30. The van der Waals surface area contributed by atoms with Crippen molar-refractivity contribution in [2.75, 3.05) is 7.05 Å². The minimum absolute atomic E-state index is 0. The Kier molecular flexibility index (Phi) is 7.33. The zero-order chi connectivity index (χ0) is 14.8. The second kappa shape index (κ2) is 7.51. The Morgan fingerprint density at radius 3 is 2.40 bits per heavy atom. The van der Waals surface area contributed by atoms with Crippen molar-refractivity contribution >= 4 is 41.5 Å². The minimum Gasteiger partial charge on any atom is -0.340 e. The highest BCUT2D eigenvalue weighted by Crippen LogP contribution is 2.27. The summed E-state index contributed by atoms with van der Waals surface area (Å²) < 4.78 is 0. The summed E-state index contributed by atoms with van der Waals surface area (Å²) in [7, 11) is 1.71. The number of hydrogen-bond donors (Lipinski definition) is 1. The van der Waals surface area contributed by atoms with Crippen LogP contribution in [-0.2, 0) is 11.3 Å². The molecule has 0 bridgehead atoms. The minimum atomic E-state index is -0.546. The Bertz CT molecular complexity index is 472. The predicted molar refractivity (Wildman–Crippen MR) is 87.6 cm³/mol. The smallest absolute Gasteiger partial charge is 0.240 e. The van der Waals surface area contributed by atoms with Gasteiger partial charge in [-0.2, -0.15) is 0 Å². The molecule has 0 saturated carbocycles. The standard InChI is InChI=1S/C14H20Cl2N2O.ClH/c1-14(2,3)12(17)13(19)18(4)8-9-6-5-7-10(15)11(9)16;/h5-7,12H,8,17H2,1-4H3;1H/t12-;/m1./s1. The van der Waals surface area contributed by atoms with E-state index >= 15 is 0 Å². The van der Waals surface area contributed by atoms with Crippen molar-refractivity contribution < 1.29 is 4.79 Å². The maximum absolute atomic E-state index is 12.2. The number of halogens is 3. The molecule has 1 aromatic carbocycles. The number of carbonyl (C=O) groups is 1. The molecule has 1 aromatic rings. The van der Waals surface area contributed by atoms with E-state index in [2.05, 4.69) is 0 Å². The molecular formula is C14H21Cl3N2O. The lowest BCUT2D eigenvalue weighted by Crippen LogP contribution is -2.48. The molecule has 2 N–H and O–H groups in total. The number of rotatable bonds is 3. The van der Waals surface area contributed by atoms with Crippen LogP contribution in [0.5, 0.6) is 0 Å². The summed E-state index contributed by atoms with van der Waals surface area (Å²) in [6.07, 6.45) is 0. The number of amides is 1. The van der Waals surface area contributed by atoms with Gasteiger partial charge in [-0.25, -0.2) is 0 Å². The highest BCUT2D eigenvalue weighted by atomic mass is 35.5. The molecule has 0 aliphatic heterocycles. The van der Waals surface area contributed by atoms with Crippen LogP contribution in [0.25, 0.3) is 0 Å². The van der Waals surface area contributed by atoms with E-state index < -0.39 is 6.04 Å². The molecule has 0 heterocycles. The third-order valence-electron chi connectivity index (χ3n) is 3.01. The van der Waals surface area contributed by atoms with Crippen LogP contribution >= 0.6 is 35.6 Å². The zero-order valence-corrected chi connectivity index (χ0v) is 14.4. The molecule has 114 valence electrons. The summed E-state index contributed by atoms with van der Waals surface area (Å²) in [6, 6.07) is 4.83. The average Bonchev–Trinajstić information content (AvgIpc) is 2.31. The Hall–Kier alpha value is -0.480. The Balaban J connectivity index is 0.00000361. The van der Waals surface area contributed by atoms with Crippen LogP contribution in [0.4, 0.5) is 0 Å². The Labute approximate surface area is 136 Å². The molecule has 0 fully saturated rings. The summed E-state index contributed by atoms with van der Waals surface area (Å²) in [6.45, 7) is 6.21. The first-order valence-corrected chi connectivity index (χ1v) is 6.83. The maximum Gasteiger partial charge on any atom is 0.240 e. The van der Waals surface area contributed by atoms with Crippen molar-refractivity contribution in [3.63, 3.8) is 0 Å². The summed E-state index contributed by atoms with van der Waals surface area (Å²) in [4.78, 5) is 13.8. The number of likely N-dealkylation sites (N-methyl/N-ethyl adjacent to an activating group) is 1. The van der Waals surface area contributed by atoms with Crippen molar-refractivity contribution in [2.45, 2.75) is 33.4 Å². The van der Waals surface area contributed by atoms with Crippen LogP contribution in [0, 0.1) is 5.41 Å². The molecule has 6 heteroatoms. The number of nitrogens with two attached hydrogens (primary N) is 1. The number of nitrogens with zero attached hydrogens (tertiary/aromatic N) is 1. The first-order valence-electron chi connectivity index (χ1n) is 6.08. The molecule has 0 aliphatic carbocycles. The Morgan fingerprint density at radius 2 is 1.90 bits per heavy atom. The van der Waals surface area contributed by atoms with Crippen LogP contribution < -0.4 is 5.73 Å². The molecule has 1 amide bonds. The summed E-state index contributed by atoms with van der Waals surface area (Å²) in [5.41, 5.74) is 6.50. The van der Waals surface area contributed by atoms with Crippen LogP contribution in [0.15, 0.2) is 18.2 Å². The van der Waals surface area contributed by atoms with Gasteiger partial charge in [0.2, 0.25) is 5.91 Å². The van der Waals surface area contributed by atoms with E-state index in [1.165, 1.54) is 0 Å². The van der Waals surface area contributed by atoms with Crippen LogP contribution in [0.2, 0.25) is 10.0 Å². The molecule has 3 nitrogen and oxygen atoms in total. The van der Waals surface area contributed by atoms with Gasteiger partial charge >= 0.3 is 0 Å². The SMILES string of the molecule is CN(Cc1cccc(Cl)c1Cl)C(=O)[C@@H](N)C(C)(C)C.Cl. The van der Waals surface area contributed by atoms with E-state index in [4.69, 9.17) is 28.9 Å². The van der Waals surface area contributed by atoms with E-state index in [-0.39, 0.29) is 23.7 Å². The summed E-state index contributed by atoms with van der Waals surface area (Å²) in [5, 5.41) is 0.966. The largest absolute Gasteiger partial charge is 0.340 e. The van der Waals surface area contributed by atoms with Gasteiger partial charge in [0, 0.05) is 13.6 Å². The van der Waals surface area contributed by atoms with Crippen molar-refractivity contribution in [1.82, 2.24) is 4.90 Å². The number of hydrogen-bond acceptors (Lipinski definition) is 2. The highest BCUT2D eigenvalue weighted by molar-refractivity contribution is 6.42. The summed E-state index contributed by atoms with van der Waals surface area (Å²) in [5.74, 6) is -0.108. The van der Waals surface area contributed by atoms with Gasteiger partial charge in [-0.15, -0.1) is 12.4 Å². The van der Waals surface area contributed by atoms with Crippen molar-refractivity contribution in [2.24, 2.45) is 11.1 Å². The third-order valence-corrected chi connectivity index (χ3v) is 3.87. The topological polar surface area (TPSA) is 46.3 Å². The quantitative estimate of drug-likeness (QED) is 0.911. The van der Waals surface area contributed by atoms with Crippen LogP contribution in [-0.4, -0.2) is 23.9 Å². The molecule has 1 atom stereocenters. The fourth-order valence-electron chi connectivity index (χ4n) is 1.61. The molecule has 0 aromatic heterocycles. The Morgan fingerprint density at radius 1 is 1.35 bits per heavy atom. The first kappa shape index (κ1) is 19.5.